The van der Waals surface area contributed by atoms with Gasteiger partial charge in [-0.25, -0.2) is 9.97 Å². The minimum Gasteiger partial charge on any atom is -0.395 e. The van der Waals surface area contributed by atoms with E-state index in [1.165, 1.54) is 0 Å². The van der Waals surface area contributed by atoms with Crippen LogP contribution in [-0.2, 0) is 6.54 Å². The van der Waals surface area contributed by atoms with Crippen molar-refractivity contribution in [1.29, 1.82) is 0 Å². The fourth-order valence-electron chi connectivity index (χ4n) is 1.20. The molecule has 0 atom stereocenters. The number of pyridine rings is 1. The first-order valence-corrected chi connectivity index (χ1v) is 4.26. The molecule has 5 heteroatoms. The third-order valence-electron chi connectivity index (χ3n) is 1.76. The summed E-state index contributed by atoms with van der Waals surface area (Å²) in [6.07, 6.45) is 3.21. The predicted molar refractivity (Wildman–Crippen MR) is 49.6 cm³/mol. The average molecular weight is 198 g/mol. The summed E-state index contributed by atoms with van der Waals surface area (Å²) in [6.45, 7) is 0.584. The van der Waals surface area contributed by atoms with Gasteiger partial charge in [-0.2, -0.15) is 0 Å². The second kappa shape index (κ2) is 3.32. The van der Waals surface area contributed by atoms with Crippen molar-refractivity contribution in [2.45, 2.75) is 6.54 Å². The molecule has 68 valence electrons. The number of fused-ring (bicyclic) bond motifs is 1. The molecule has 2 rings (SSSR count). The lowest BCUT2D eigenvalue weighted by atomic mass is 10.4. The largest absolute Gasteiger partial charge is 0.395 e. The van der Waals surface area contributed by atoms with Crippen molar-refractivity contribution in [3.63, 3.8) is 0 Å². The Morgan fingerprint density at radius 2 is 2.31 bits per heavy atom. The van der Waals surface area contributed by atoms with E-state index in [1.807, 2.05) is 0 Å². The number of rotatable bonds is 2. The van der Waals surface area contributed by atoms with Gasteiger partial charge in [-0.15, -0.1) is 0 Å². The minimum atomic E-state index is 0.0791. The Balaban J connectivity index is 2.55. The molecule has 1 N–H and O–H groups in total. The number of nitrogens with zero attached hydrogens (tertiary/aromatic N) is 3. The highest BCUT2D eigenvalue weighted by Crippen LogP contribution is 2.14. The van der Waals surface area contributed by atoms with E-state index in [4.69, 9.17) is 16.7 Å². The Labute approximate surface area is 79.8 Å². The van der Waals surface area contributed by atoms with Gasteiger partial charge in [0.1, 0.15) is 5.52 Å². The zero-order chi connectivity index (χ0) is 9.26. The number of aliphatic hydroxyl groups excluding tert-OH is 1. The summed E-state index contributed by atoms with van der Waals surface area (Å²) < 4.78 is 1.78. The van der Waals surface area contributed by atoms with Crippen LogP contribution in [0, 0.1) is 0 Å². The van der Waals surface area contributed by atoms with Crippen molar-refractivity contribution in [1.82, 2.24) is 14.5 Å². The first kappa shape index (κ1) is 8.47. The molecule has 2 heterocycles. The van der Waals surface area contributed by atoms with Gasteiger partial charge in [0.05, 0.1) is 18.0 Å². The molecule has 0 radical (unpaired) electrons. The fourth-order valence-corrected chi connectivity index (χ4v) is 1.35. The number of aliphatic hydroxyl groups is 1. The van der Waals surface area contributed by atoms with E-state index in [0.717, 1.165) is 11.2 Å². The molecule has 0 bridgehead atoms. The first-order chi connectivity index (χ1) is 6.31. The van der Waals surface area contributed by atoms with E-state index >= 15 is 0 Å². The molecule has 0 saturated heterocycles. The van der Waals surface area contributed by atoms with E-state index < -0.39 is 0 Å². The Hall–Kier alpha value is -1.13. The van der Waals surface area contributed by atoms with Gasteiger partial charge in [0.2, 0.25) is 0 Å². The maximum absolute atomic E-state index is 8.75. The highest BCUT2D eigenvalue weighted by Gasteiger charge is 2.03. The van der Waals surface area contributed by atoms with Gasteiger partial charge >= 0.3 is 0 Å². The van der Waals surface area contributed by atoms with E-state index in [-0.39, 0.29) is 6.61 Å². The number of hydrogen-bond donors (Lipinski definition) is 1. The van der Waals surface area contributed by atoms with Crippen molar-refractivity contribution in [3.05, 3.63) is 23.6 Å². The van der Waals surface area contributed by atoms with Crippen molar-refractivity contribution < 1.29 is 5.11 Å². The maximum atomic E-state index is 8.75. The van der Waals surface area contributed by atoms with Gasteiger partial charge in [-0.1, -0.05) is 11.6 Å². The second-order valence-electron chi connectivity index (χ2n) is 2.66. The molecule has 0 saturated carbocycles. The normalized spacial score (nSPS) is 10.9. The highest BCUT2D eigenvalue weighted by atomic mass is 35.5. The summed E-state index contributed by atoms with van der Waals surface area (Å²) in [5.41, 5.74) is 1.50. The van der Waals surface area contributed by atoms with Gasteiger partial charge in [0.25, 0.3) is 0 Å². The molecule has 13 heavy (non-hydrogen) atoms. The van der Waals surface area contributed by atoms with E-state index in [1.54, 1.807) is 23.2 Å². The molecule has 0 fully saturated rings. The SMILES string of the molecule is OCCn1cnc2cc(Cl)cnc21. The smallest absolute Gasteiger partial charge is 0.159 e. The lowest BCUT2D eigenvalue weighted by Gasteiger charge is -1.98. The van der Waals surface area contributed by atoms with Gasteiger partial charge in [-0.05, 0) is 6.07 Å². The van der Waals surface area contributed by atoms with Crippen molar-refractivity contribution >= 4 is 22.8 Å². The van der Waals surface area contributed by atoms with Crippen LogP contribution in [-0.4, -0.2) is 26.2 Å². The molecule has 2 aromatic heterocycles. The van der Waals surface area contributed by atoms with Crippen molar-refractivity contribution in [3.8, 4) is 0 Å². The molecule has 2 aromatic rings. The summed E-state index contributed by atoms with van der Waals surface area (Å²) in [5.74, 6) is 0. The topological polar surface area (TPSA) is 50.9 Å². The van der Waals surface area contributed by atoms with Crippen LogP contribution in [0.3, 0.4) is 0 Å². The minimum absolute atomic E-state index is 0.0791. The third-order valence-corrected chi connectivity index (χ3v) is 1.97. The maximum Gasteiger partial charge on any atom is 0.159 e. The van der Waals surface area contributed by atoms with Crippen LogP contribution in [0.4, 0.5) is 0 Å². The number of hydrogen-bond acceptors (Lipinski definition) is 3. The van der Waals surface area contributed by atoms with Gasteiger partial charge < -0.3 is 9.67 Å². The van der Waals surface area contributed by atoms with Crippen LogP contribution in [0.5, 0.6) is 0 Å². The molecule has 0 aliphatic heterocycles. The van der Waals surface area contributed by atoms with E-state index in [9.17, 15) is 0 Å². The Kier molecular flexibility index (Phi) is 2.16. The predicted octanol–water partition coefficient (Wildman–Crippen LogP) is 1.08. The van der Waals surface area contributed by atoms with Crippen LogP contribution in [0.25, 0.3) is 11.2 Å². The van der Waals surface area contributed by atoms with Crippen LogP contribution in [0.2, 0.25) is 5.02 Å². The van der Waals surface area contributed by atoms with Crippen LogP contribution in [0.1, 0.15) is 0 Å². The quantitative estimate of drug-likeness (QED) is 0.784. The number of aromatic nitrogens is 3. The van der Waals surface area contributed by atoms with Gasteiger partial charge in [0.15, 0.2) is 5.65 Å². The highest BCUT2D eigenvalue weighted by molar-refractivity contribution is 6.30. The zero-order valence-electron chi connectivity index (χ0n) is 6.81. The Morgan fingerprint density at radius 1 is 1.46 bits per heavy atom. The lowest BCUT2D eigenvalue weighted by Crippen LogP contribution is -2.00. The first-order valence-electron chi connectivity index (χ1n) is 3.88. The number of imidazole rings is 1. The second-order valence-corrected chi connectivity index (χ2v) is 3.09. The molecule has 0 aliphatic carbocycles. The summed E-state index contributed by atoms with van der Waals surface area (Å²) in [6, 6.07) is 1.75. The number of halogens is 1. The molecule has 4 nitrogen and oxygen atoms in total. The van der Waals surface area contributed by atoms with Gasteiger partial charge in [0, 0.05) is 12.7 Å². The van der Waals surface area contributed by atoms with Crippen molar-refractivity contribution in [2.75, 3.05) is 6.61 Å². The van der Waals surface area contributed by atoms with E-state index in [0.29, 0.717) is 11.6 Å². The standard InChI is InChI=1S/C8H8ClN3O/c9-6-3-7-8(10-4-6)12(1-2-13)5-11-7/h3-5,13H,1-2H2. The molecule has 0 aliphatic rings. The third kappa shape index (κ3) is 1.50. The fraction of sp³-hybridized carbons (Fsp3) is 0.250. The molecule has 0 aromatic carbocycles. The zero-order valence-corrected chi connectivity index (χ0v) is 7.57. The summed E-state index contributed by atoms with van der Waals surface area (Å²) in [4.78, 5) is 8.22. The monoisotopic (exact) mass is 197 g/mol. The van der Waals surface area contributed by atoms with Gasteiger partial charge in [-0.3, -0.25) is 0 Å². The summed E-state index contributed by atoms with van der Waals surface area (Å²) in [7, 11) is 0. The van der Waals surface area contributed by atoms with E-state index in [2.05, 4.69) is 9.97 Å². The van der Waals surface area contributed by atoms with Crippen molar-refractivity contribution in [2.24, 2.45) is 0 Å². The Morgan fingerprint density at radius 3 is 3.08 bits per heavy atom. The summed E-state index contributed by atoms with van der Waals surface area (Å²) in [5, 5.41) is 9.32. The molecule has 0 amide bonds. The molecular formula is C8H8ClN3O. The van der Waals surface area contributed by atoms with Crippen LogP contribution < -0.4 is 0 Å². The lowest BCUT2D eigenvalue weighted by molar-refractivity contribution is 0.277. The summed E-state index contributed by atoms with van der Waals surface area (Å²) >= 11 is 5.74. The molecule has 0 unspecified atom stereocenters. The molecular weight excluding hydrogens is 190 g/mol. The Bertz CT molecular complexity index is 426. The average Bonchev–Trinajstić information content (AvgIpc) is 2.49. The van der Waals surface area contributed by atoms with Crippen LogP contribution in [0.15, 0.2) is 18.6 Å². The molecule has 0 spiro atoms. The van der Waals surface area contributed by atoms with Crippen LogP contribution >= 0.6 is 11.6 Å².